The molecule has 0 aliphatic heterocycles. The molecule has 0 heterocycles. The maximum Gasteiger partial charge on any atom is 0.137 e. The number of benzene rings is 1. The molecule has 94 valence electrons. The average Bonchev–Trinajstić information content (AvgIpc) is 2.71. The van der Waals surface area contributed by atoms with E-state index in [-0.39, 0.29) is 20.5 Å². The Balaban J connectivity index is 2.36. The van der Waals surface area contributed by atoms with Gasteiger partial charge in [-0.15, -0.1) is 0 Å². The monoisotopic (exact) mass is 366 g/mol. The summed E-state index contributed by atoms with van der Waals surface area (Å²) in [6.45, 7) is 2.14. The van der Waals surface area contributed by atoms with E-state index in [9.17, 15) is 8.78 Å². The molecule has 1 saturated carbocycles. The summed E-state index contributed by atoms with van der Waals surface area (Å²) in [6.07, 6.45) is 4.44. The Hall–Kier alpha value is 0.0400. The molecule has 0 saturated heterocycles. The SMILES string of the molecule is CC1(C(Br)c2cc(F)c(Br)cc2F)CCCC1. The lowest BCUT2D eigenvalue weighted by atomic mass is 9.82. The van der Waals surface area contributed by atoms with Gasteiger partial charge in [-0.3, -0.25) is 0 Å². The van der Waals surface area contributed by atoms with E-state index in [0.717, 1.165) is 12.8 Å². The summed E-state index contributed by atoms with van der Waals surface area (Å²) in [6, 6.07) is 2.50. The van der Waals surface area contributed by atoms with E-state index in [1.165, 1.54) is 25.0 Å². The molecular formula is C13H14Br2F2. The van der Waals surface area contributed by atoms with Crippen LogP contribution in [-0.2, 0) is 0 Å². The van der Waals surface area contributed by atoms with Crippen LogP contribution in [0.15, 0.2) is 16.6 Å². The van der Waals surface area contributed by atoms with Crippen LogP contribution < -0.4 is 0 Å². The second-order valence-corrected chi connectivity index (χ2v) is 6.78. The van der Waals surface area contributed by atoms with Crippen molar-refractivity contribution >= 4 is 31.9 Å². The summed E-state index contributed by atoms with van der Waals surface area (Å²) in [5.41, 5.74) is 0.455. The highest BCUT2D eigenvalue weighted by Gasteiger charge is 2.37. The number of hydrogen-bond acceptors (Lipinski definition) is 0. The summed E-state index contributed by atoms with van der Waals surface area (Å²) >= 11 is 6.55. The molecule has 0 amide bonds. The van der Waals surface area contributed by atoms with Crippen molar-refractivity contribution in [3.05, 3.63) is 33.8 Å². The molecule has 2 rings (SSSR count). The van der Waals surface area contributed by atoms with Crippen LogP contribution in [0.2, 0.25) is 0 Å². The van der Waals surface area contributed by atoms with Gasteiger partial charge in [-0.1, -0.05) is 35.7 Å². The van der Waals surface area contributed by atoms with Crippen LogP contribution >= 0.6 is 31.9 Å². The van der Waals surface area contributed by atoms with Crippen molar-refractivity contribution in [1.82, 2.24) is 0 Å². The molecule has 0 bridgehead atoms. The van der Waals surface area contributed by atoms with Gasteiger partial charge < -0.3 is 0 Å². The van der Waals surface area contributed by atoms with E-state index >= 15 is 0 Å². The molecule has 1 aliphatic carbocycles. The van der Waals surface area contributed by atoms with E-state index in [1.807, 2.05) is 0 Å². The predicted molar refractivity (Wildman–Crippen MR) is 72.3 cm³/mol. The standard InChI is InChI=1S/C13H14Br2F2/c1-13(4-2-3-5-13)12(15)8-6-11(17)9(14)7-10(8)16/h6-7,12H,2-5H2,1H3. The Kier molecular flexibility index (Phi) is 3.93. The van der Waals surface area contributed by atoms with Gasteiger partial charge in [-0.25, -0.2) is 8.78 Å². The first-order valence-corrected chi connectivity index (χ1v) is 7.43. The first-order chi connectivity index (χ1) is 7.94. The van der Waals surface area contributed by atoms with Gasteiger partial charge in [0.1, 0.15) is 11.6 Å². The minimum Gasteiger partial charge on any atom is -0.207 e. The Morgan fingerprint density at radius 1 is 1.18 bits per heavy atom. The van der Waals surface area contributed by atoms with Crippen LogP contribution in [0.4, 0.5) is 8.78 Å². The van der Waals surface area contributed by atoms with Crippen LogP contribution in [0.1, 0.15) is 43.0 Å². The second-order valence-electron chi connectivity index (χ2n) is 5.01. The van der Waals surface area contributed by atoms with Gasteiger partial charge in [0.05, 0.1) is 4.47 Å². The fourth-order valence-electron chi connectivity index (χ4n) is 2.54. The van der Waals surface area contributed by atoms with Crippen LogP contribution in [0.5, 0.6) is 0 Å². The lowest BCUT2D eigenvalue weighted by molar-refractivity contribution is 0.325. The predicted octanol–water partition coefficient (Wildman–Crippen LogP) is 5.74. The number of alkyl halides is 1. The molecule has 0 aromatic heterocycles. The van der Waals surface area contributed by atoms with Crippen LogP contribution in [0.25, 0.3) is 0 Å². The van der Waals surface area contributed by atoms with Crippen LogP contribution in [0.3, 0.4) is 0 Å². The molecule has 1 unspecified atom stereocenters. The summed E-state index contributed by atoms with van der Waals surface area (Å²) in [4.78, 5) is -0.125. The first kappa shape index (κ1) is 13.5. The molecule has 1 atom stereocenters. The Morgan fingerprint density at radius 2 is 1.76 bits per heavy atom. The average molecular weight is 368 g/mol. The van der Waals surface area contributed by atoms with Crippen molar-refractivity contribution in [3.8, 4) is 0 Å². The third kappa shape index (κ3) is 2.58. The van der Waals surface area contributed by atoms with E-state index in [1.54, 1.807) is 0 Å². The fraction of sp³-hybridized carbons (Fsp3) is 0.538. The topological polar surface area (TPSA) is 0 Å². The number of hydrogen-bond donors (Lipinski definition) is 0. The Bertz CT molecular complexity index is 426. The Labute approximate surface area is 117 Å². The molecule has 17 heavy (non-hydrogen) atoms. The number of rotatable bonds is 2. The molecule has 0 N–H and O–H groups in total. The lowest BCUT2D eigenvalue weighted by Gasteiger charge is -2.30. The molecule has 1 fully saturated rings. The molecule has 1 aromatic rings. The summed E-state index contributed by atoms with van der Waals surface area (Å²) in [5.74, 6) is -0.763. The molecule has 0 spiro atoms. The van der Waals surface area contributed by atoms with Gasteiger partial charge in [0.15, 0.2) is 0 Å². The van der Waals surface area contributed by atoms with E-state index < -0.39 is 5.82 Å². The van der Waals surface area contributed by atoms with Gasteiger partial charge in [0, 0.05) is 10.4 Å². The van der Waals surface area contributed by atoms with Crippen molar-refractivity contribution in [2.75, 3.05) is 0 Å². The summed E-state index contributed by atoms with van der Waals surface area (Å²) < 4.78 is 27.6. The highest BCUT2D eigenvalue weighted by atomic mass is 79.9. The van der Waals surface area contributed by atoms with Crippen LogP contribution in [-0.4, -0.2) is 0 Å². The first-order valence-electron chi connectivity index (χ1n) is 5.72. The molecule has 1 aromatic carbocycles. The summed E-state index contributed by atoms with van der Waals surface area (Å²) in [5, 5.41) is 0. The third-order valence-electron chi connectivity index (χ3n) is 3.67. The lowest BCUT2D eigenvalue weighted by Crippen LogP contribution is -2.18. The van der Waals surface area contributed by atoms with Gasteiger partial charge in [0.25, 0.3) is 0 Å². The quantitative estimate of drug-likeness (QED) is 0.461. The zero-order valence-electron chi connectivity index (χ0n) is 9.57. The maximum atomic E-state index is 13.9. The Morgan fingerprint density at radius 3 is 2.35 bits per heavy atom. The van der Waals surface area contributed by atoms with Crippen molar-refractivity contribution in [2.45, 2.75) is 37.4 Å². The normalized spacial score (nSPS) is 20.5. The largest absolute Gasteiger partial charge is 0.207 e. The fourth-order valence-corrected chi connectivity index (χ4v) is 3.67. The zero-order valence-corrected chi connectivity index (χ0v) is 12.7. The highest BCUT2D eigenvalue weighted by Crippen LogP contribution is 2.52. The van der Waals surface area contributed by atoms with E-state index in [4.69, 9.17) is 0 Å². The van der Waals surface area contributed by atoms with Gasteiger partial charge in [0.2, 0.25) is 0 Å². The summed E-state index contributed by atoms with van der Waals surface area (Å²) in [7, 11) is 0. The maximum absolute atomic E-state index is 13.9. The minimum absolute atomic E-state index is 0.0289. The second kappa shape index (κ2) is 4.96. The number of halogens is 4. The van der Waals surface area contributed by atoms with Crippen molar-refractivity contribution in [2.24, 2.45) is 5.41 Å². The minimum atomic E-state index is -0.410. The van der Waals surface area contributed by atoms with Gasteiger partial charge in [-0.2, -0.15) is 0 Å². The van der Waals surface area contributed by atoms with Gasteiger partial charge >= 0.3 is 0 Å². The smallest absolute Gasteiger partial charge is 0.137 e. The van der Waals surface area contributed by atoms with Crippen molar-refractivity contribution in [3.63, 3.8) is 0 Å². The highest BCUT2D eigenvalue weighted by molar-refractivity contribution is 9.10. The molecular weight excluding hydrogens is 354 g/mol. The van der Waals surface area contributed by atoms with Crippen LogP contribution in [0, 0.1) is 17.0 Å². The van der Waals surface area contributed by atoms with Crippen molar-refractivity contribution < 1.29 is 8.78 Å². The van der Waals surface area contributed by atoms with Crippen molar-refractivity contribution in [1.29, 1.82) is 0 Å². The molecule has 0 nitrogen and oxygen atoms in total. The van der Waals surface area contributed by atoms with E-state index in [0.29, 0.717) is 5.56 Å². The third-order valence-corrected chi connectivity index (χ3v) is 5.88. The molecule has 1 aliphatic rings. The zero-order chi connectivity index (χ0) is 12.6. The van der Waals surface area contributed by atoms with E-state index in [2.05, 4.69) is 38.8 Å². The molecule has 0 radical (unpaired) electrons. The molecule has 4 heteroatoms. The van der Waals surface area contributed by atoms with Gasteiger partial charge in [-0.05, 0) is 46.3 Å².